The standard InChI is InChI=1S/C12H14N4/c1-2-7-16(8-3-1)12-11-10(14-9-15-12)5-4-6-13-11/h4-6,9H,1-3,7-8H2. The fourth-order valence-corrected chi connectivity index (χ4v) is 2.22. The molecule has 0 aromatic carbocycles. The van der Waals surface area contributed by atoms with E-state index in [4.69, 9.17) is 0 Å². The molecule has 0 amide bonds. The molecule has 0 N–H and O–H groups in total. The Morgan fingerprint density at radius 2 is 1.88 bits per heavy atom. The molecule has 2 aromatic heterocycles. The van der Waals surface area contributed by atoms with Crippen molar-refractivity contribution in [3.8, 4) is 0 Å². The van der Waals surface area contributed by atoms with Gasteiger partial charge < -0.3 is 4.90 Å². The van der Waals surface area contributed by atoms with Crippen molar-refractivity contribution in [3.63, 3.8) is 0 Å². The summed E-state index contributed by atoms with van der Waals surface area (Å²) < 4.78 is 0. The average molecular weight is 214 g/mol. The fraction of sp³-hybridized carbons (Fsp3) is 0.417. The molecule has 0 aliphatic carbocycles. The molecule has 0 atom stereocenters. The van der Waals surface area contributed by atoms with E-state index in [0.717, 1.165) is 29.9 Å². The van der Waals surface area contributed by atoms with Crippen LogP contribution in [0.4, 0.5) is 5.82 Å². The molecule has 4 heteroatoms. The van der Waals surface area contributed by atoms with E-state index in [1.165, 1.54) is 19.3 Å². The van der Waals surface area contributed by atoms with Gasteiger partial charge in [0.2, 0.25) is 0 Å². The molecule has 82 valence electrons. The fourth-order valence-electron chi connectivity index (χ4n) is 2.22. The quantitative estimate of drug-likeness (QED) is 0.728. The zero-order valence-corrected chi connectivity index (χ0v) is 9.13. The number of rotatable bonds is 1. The number of anilines is 1. The summed E-state index contributed by atoms with van der Waals surface area (Å²) in [6.45, 7) is 2.17. The van der Waals surface area contributed by atoms with Gasteiger partial charge in [-0.15, -0.1) is 0 Å². The van der Waals surface area contributed by atoms with E-state index >= 15 is 0 Å². The van der Waals surface area contributed by atoms with Gasteiger partial charge in [-0.3, -0.25) is 4.98 Å². The molecule has 0 unspecified atom stereocenters. The van der Waals surface area contributed by atoms with Gasteiger partial charge in [0.25, 0.3) is 0 Å². The maximum Gasteiger partial charge on any atom is 0.158 e. The highest BCUT2D eigenvalue weighted by molar-refractivity contribution is 5.84. The van der Waals surface area contributed by atoms with Crippen LogP contribution in [0.3, 0.4) is 0 Å². The lowest BCUT2D eigenvalue weighted by Gasteiger charge is -2.27. The highest BCUT2D eigenvalue weighted by Crippen LogP contribution is 2.23. The van der Waals surface area contributed by atoms with Crippen molar-refractivity contribution >= 4 is 16.9 Å². The third-order valence-corrected chi connectivity index (χ3v) is 3.03. The zero-order chi connectivity index (χ0) is 10.8. The van der Waals surface area contributed by atoms with E-state index in [2.05, 4.69) is 19.9 Å². The van der Waals surface area contributed by atoms with Crippen LogP contribution in [0, 0.1) is 0 Å². The number of nitrogens with zero attached hydrogens (tertiary/aromatic N) is 4. The summed E-state index contributed by atoms with van der Waals surface area (Å²) in [7, 11) is 0. The van der Waals surface area contributed by atoms with E-state index in [1.807, 2.05) is 12.1 Å². The van der Waals surface area contributed by atoms with Gasteiger partial charge in [-0.25, -0.2) is 9.97 Å². The van der Waals surface area contributed by atoms with Gasteiger partial charge in [-0.2, -0.15) is 0 Å². The summed E-state index contributed by atoms with van der Waals surface area (Å²) >= 11 is 0. The van der Waals surface area contributed by atoms with Crippen molar-refractivity contribution < 1.29 is 0 Å². The molecule has 3 heterocycles. The predicted octanol–water partition coefficient (Wildman–Crippen LogP) is 2.02. The third-order valence-electron chi connectivity index (χ3n) is 3.03. The lowest BCUT2D eigenvalue weighted by atomic mass is 10.1. The number of piperidine rings is 1. The first kappa shape index (κ1) is 9.51. The molecule has 1 aliphatic heterocycles. The van der Waals surface area contributed by atoms with Crippen molar-refractivity contribution in [3.05, 3.63) is 24.7 Å². The molecule has 3 rings (SSSR count). The maximum absolute atomic E-state index is 4.39. The van der Waals surface area contributed by atoms with Crippen LogP contribution in [0.5, 0.6) is 0 Å². The minimum atomic E-state index is 0.923. The molecule has 4 nitrogen and oxygen atoms in total. The number of fused-ring (bicyclic) bond motifs is 1. The van der Waals surface area contributed by atoms with Gasteiger partial charge in [-0.1, -0.05) is 0 Å². The molecule has 1 fully saturated rings. The molecular weight excluding hydrogens is 200 g/mol. The molecule has 1 saturated heterocycles. The first-order valence-corrected chi connectivity index (χ1v) is 5.76. The number of hydrogen-bond donors (Lipinski definition) is 0. The van der Waals surface area contributed by atoms with E-state index in [-0.39, 0.29) is 0 Å². The second-order valence-corrected chi connectivity index (χ2v) is 4.12. The van der Waals surface area contributed by atoms with E-state index in [0.29, 0.717) is 0 Å². The van der Waals surface area contributed by atoms with Gasteiger partial charge in [-0.05, 0) is 31.4 Å². The first-order chi connectivity index (χ1) is 7.95. The van der Waals surface area contributed by atoms with Gasteiger partial charge >= 0.3 is 0 Å². The normalized spacial score (nSPS) is 16.6. The summed E-state index contributed by atoms with van der Waals surface area (Å²) in [5, 5.41) is 0. The van der Waals surface area contributed by atoms with Gasteiger partial charge in [0, 0.05) is 19.3 Å². The Morgan fingerprint density at radius 3 is 2.75 bits per heavy atom. The third kappa shape index (κ3) is 1.60. The minimum absolute atomic E-state index is 0.923. The Kier molecular flexibility index (Phi) is 2.40. The number of hydrogen-bond acceptors (Lipinski definition) is 4. The number of pyridine rings is 1. The zero-order valence-electron chi connectivity index (χ0n) is 9.13. The second kappa shape index (κ2) is 4.04. The summed E-state index contributed by atoms with van der Waals surface area (Å²) in [6, 6.07) is 3.90. The first-order valence-electron chi connectivity index (χ1n) is 5.76. The maximum atomic E-state index is 4.39. The average Bonchev–Trinajstić information content (AvgIpc) is 2.39. The second-order valence-electron chi connectivity index (χ2n) is 4.12. The number of aromatic nitrogens is 3. The molecule has 0 saturated carbocycles. The minimum Gasteiger partial charge on any atom is -0.355 e. The SMILES string of the molecule is c1cnc2c(N3CCCCC3)ncnc2c1. The van der Waals surface area contributed by atoms with Crippen LogP contribution in [0.1, 0.15) is 19.3 Å². The Bertz CT molecular complexity index is 486. The predicted molar refractivity (Wildman–Crippen MR) is 63.4 cm³/mol. The Morgan fingerprint density at radius 1 is 1.00 bits per heavy atom. The van der Waals surface area contributed by atoms with Crippen molar-refractivity contribution in [1.29, 1.82) is 0 Å². The van der Waals surface area contributed by atoms with Gasteiger partial charge in [0.1, 0.15) is 11.8 Å². The molecule has 0 radical (unpaired) electrons. The van der Waals surface area contributed by atoms with Crippen molar-refractivity contribution in [2.24, 2.45) is 0 Å². The largest absolute Gasteiger partial charge is 0.355 e. The van der Waals surface area contributed by atoms with E-state index in [9.17, 15) is 0 Å². The Labute approximate surface area is 94.4 Å². The molecule has 1 aliphatic rings. The monoisotopic (exact) mass is 214 g/mol. The van der Waals surface area contributed by atoms with Crippen LogP contribution in [0.2, 0.25) is 0 Å². The smallest absolute Gasteiger partial charge is 0.158 e. The summed E-state index contributed by atoms with van der Waals surface area (Å²) in [5.41, 5.74) is 1.85. The van der Waals surface area contributed by atoms with Crippen molar-refractivity contribution in [2.45, 2.75) is 19.3 Å². The van der Waals surface area contributed by atoms with Crippen LogP contribution < -0.4 is 4.90 Å². The van der Waals surface area contributed by atoms with Crippen LogP contribution in [0.25, 0.3) is 11.0 Å². The van der Waals surface area contributed by atoms with Crippen LogP contribution in [-0.2, 0) is 0 Å². The van der Waals surface area contributed by atoms with Crippen LogP contribution in [0.15, 0.2) is 24.7 Å². The van der Waals surface area contributed by atoms with Crippen LogP contribution in [-0.4, -0.2) is 28.0 Å². The Hall–Kier alpha value is -1.71. The topological polar surface area (TPSA) is 41.9 Å². The lowest BCUT2D eigenvalue weighted by molar-refractivity contribution is 0.574. The molecule has 16 heavy (non-hydrogen) atoms. The van der Waals surface area contributed by atoms with Gasteiger partial charge in [0.05, 0.1) is 5.52 Å². The molecular formula is C12H14N4. The molecule has 0 bridgehead atoms. The Balaban J connectivity index is 2.08. The highest BCUT2D eigenvalue weighted by atomic mass is 15.2. The van der Waals surface area contributed by atoms with Crippen molar-refractivity contribution in [2.75, 3.05) is 18.0 Å². The molecule has 0 spiro atoms. The van der Waals surface area contributed by atoms with Gasteiger partial charge in [0.15, 0.2) is 5.82 Å². The summed E-state index contributed by atoms with van der Waals surface area (Å²) in [4.78, 5) is 15.3. The molecule has 2 aromatic rings. The highest BCUT2D eigenvalue weighted by Gasteiger charge is 2.15. The lowest BCUT2D eigenvalue weighted by Crippen LogP contribution is -2.30. The van der Waals surface area contributed by atoms with E-state index < -0.39 is 0 Å². The van der Waals surface area contributed by atoms with E-state index in [1.54, 1.807) is 12.5 Å². The van der Waals surface area contributed by atoms with Crippen molar-refractivity contribution in [1.82, 2.24) is 15.0 Å². The van der Waals surface area contributed by atoms with Crippen LogP contribution >= 0.6 is 0 Å². The summed E-state index contributed by atoms with van der Waals surface area (Å²) in [6.07, 6.45) is 7.26. The summed E-state index contributed by atoms with van der Waals surface area (Å²) in [5.74, 6) is 0.991.